The number of ether oxygens (including phenoxy) is 1. The predicted molar refractivity (Wildman–Crippen MR) is 56.7 cm³/mol. The lowest BCUT2D eigenvalue weighted by Gasteiger charge is -2.00. The highest BCUT2D eigenvalue weighted by molar-refractivity contribution is 5.93. The van der Waals surface area contributed by atoms with E-state index in [1.54, 1.807) is 0 Å². The number of nitrogens with two attached hydrogens (primary N) is 1. The number of esters is 1. The largest absolute Gasteiger partial charge is 0.478 e. The van der Waals surface area contributed by atoms with E-state index < -0.39 is 11.9 Å². The number of anilines is 1. The molecule has 0 amide bonds. The zero-order chi connectivity index (χ0) is 12.1. The van der Waals surface area contributed by atoms with Crippen LogP contribution in [0.4, 0.5) is 5.82 Å². The number of methoxy groups -OCH3 is 1. The summed E-state index contributed by atoms with van der Waals surface area (Å²) in [6.45, 7) is 0. The van der Waals surface area contributed by atoms with E-state index in [4.69, 9.17) is 10.8 Å². The standard InChI is InChI=1S/C10H10N2O4/c1-16-8(13)3-2-6-4-7(10(14)15)9(11)12-5-6/h2-5H,1H3,(H2,11,12)(H,14,15)/b3-2+. The molecule has 0 saturated heterocycles. The zero-order valence-corrected chi connectivity index (χ0v) is 8.51. The Labute approximate surface area is 91.4 Å². The Kier molecular flexibility index (Phi) is 3.60. The van der Waals surface area contributed by atoms with Crippen LogP contribution in [0.5, 0.6) is 0 Å². The zero-order valence-electron chi connectivity index (χ0n) is 8.51. The number of pyridine rings is 1. The first kappa shape index (κ1) is 11.7. The summed E-state index contributed by atoms with van der Waals surface area (Å²) >= 11 is 0. The van der Waals surface area contributed by atoms with Crippen LogP contribution in [0.2, 0.25) is 0 Å². The van der Waals surface area contributed by atoms with E-state index in [0.717, 1.165) is 0 Å². The van der Waals surface area contributed by atoms with E-state index in [9.17, 15) is 9.59 Å². The Morgan fingerprint density at radius 1 is 1.56 bits per heavy atom. The highest BCUT2D eigenvalue weighted by atomic mass is 16.5. The third-order valence-electron chi connectivity index (χ3n) is 1.78. The first-order valence-electron chi connectivity index (χ1n) is 4.29. The Bertz CT molecular complexity index is 454. The molecule has 0 spiro atoms. The van der Waals surface area contributed by atoms with E-state index in [1.165, 1.54) is 31.5 Å². The molecule has 16 heavy (non-hydrogen) atoms. The Morgan fingerprint density at radius 2 is 2.25 bits per heavy atom. The Morgan fingerprint density at radius 3 is 2.81 bits per heavy atom. The number of rotatable bonds is 3. The van der Waals surface area contributed by atoms with Crippen LogP contribution in [-0.2, 0) is 9.53 Å². The van der Waals surface area contributed by atoms with Crippen molar-refractivity contribution < 1.29 is 19.4 Å². The van der Waals surface area contributed by atoms with Crippen molar-refractivity contribution in [3.8, 4) is 0 Å². The van der Waals surface area contributed by atoms with Gasteiger partial charge in [-0.05, 0) is 17.7 Å². The summed E-state index contributed by atoms with van der Waals surface area (Å²) in [6.07, 6.45) is 3.92. The minimum Gasteiger partial charge on any atom is -0.478 e. The molecule has 1 aromatic rings. The molecule has 1 aromatic heterocycles. The van der Waals surface area contributed by atoms with Crippen molar-refractivity contribution in [2.45, 2.75) is 0 Å². The molecule has 1 heterocycles. The number of carbonyl (C=O) groups excluding carboxylic acids is 1. The van der Waals surface area contributed by atoms with Gasteiger partial charge in [0, 0.05) is 12.3 Å². The fourth-order valence-electron chi connectivity index (χ4n) is 0.986. The van der Waals surface area contributed by atoms with Crippen LogP contribution in [-0.4, -0.2) is 29.1 Å². The van der Waals surface area contributed by atoms with Gasteiger partial charge < -0.3 is 15.6 Å². The van der Waals surface area contributed by atoms with Crippen molar-refractivity contribution in [3.63, 3.8) is 0 Å². The van der Waals surface area contributed by atoms with Gasteiger partial charge in [-0.25, -0.2) is 14.6 Å². The molecule has 0 radical (unpaired) electrons. The van der Waals surface area contributed by atoms with Crippen molar-refractivity contribution in [2.24, 2.45) is 0 Å². The third-order valence-corrected chi connectivity index (χ3v) is 1.78. The van der Waals surface area contributed by atoms with Crippen molar-refractivity contribution >= 4 is 23.8 Å². The van der Waals surface area contributed by atoms with Crippen LogP contribution in [0.1, 0.15) is 15.9 Å². The van der Waals surface area contributed by atoms with Crippen LogP contribution in [0.25, 0.3) is 6.08 Å². The Balaban J connectivity index is 2.99. The van der Waals surface area contributed by atoms with Gasteiger partial charge in [-0.3, -0.25) is 0 Å². The maximum Gasteiger partial charge on any atom is 0.339 e. The number of carbonyl (C=O) groups is 2. The molecule has 0 fully saturated rings. The second-order valence-electron chi connectivity index (χ2n) is 2.86. The molecule has 6 heteroatoms. The number of carboxylic acids is 1. The number of nitrogen functional groups attached to an aromatic ring is 1. The normalized spacial score (nSPS) is 10.3. The van der Waals surface area contributed by atoms with Crippen LogP contribution < -0.4 is 5.73 Å². The van der Waals surface area contributed by atoms with Crippen LogP contribution in [0, 0.1) is 0 Å². The average Bonchev–Trinajstić information content (AvgIpc) is 2.27. The highest BCUT2D eigenvalue weighted by Gasteiger charge is 2.08. The van der Waals surface area contributed by atoms with Gasteiger partial charge in [0.05, 0.1) is 7.11 Å². The fourth-order valence-corrected chi connectivity index (χ4v) is 0.986. The van der Waals surface area contributed by atoms with E-state index >= 15 is 0 Å². The average molecular weight is 222 g/mol. The van der Waals surface area contributed by atoms with Crippen molar-refractivity contribution in [1.82, 2.24) is 4.98 Å². The first-order chi connectivity index (χ1) is 7.54. The molecule has 84 valence electrons. The number of hydrogen-bond donors (Lipinski definition) is 2. The lowest BCUT2D eigenvalue weighted by molar-refractivity contribution is -0.134. The number of aromatic nitrogens is 1. The van der Waals surface area contributed by atoms with Crippen molar-refractivity contribution in [3.05, 3.63) is 29.5 Å². The molecule has 6 nitrogen and oxygen atoms in total. The summed E-state index contributed by atoms with van der Waals surface area (Å²) < 4.78 is 4.39. The van der Waals surface area contributed by atoms with Gasteiger partial charge in [0.25, 0.3) is 0 Å². The number of hydrogen-bond acceptors (Lipinski definition) is 5. The lowest BCUT2D eigenvalue weighted by Crippen LogP contribution is -2.04. The minimum absolute atomic E-state index is 0.0669. The lowest BCUT2D eigenvalue weighted by atomic mass is 10.2. The molecule has 0 aliphatic rings. The van der Waals surface area contributed by atoms with E-state index in [-0.39, 0.29) is 11.4 Å². The van der Waals surface area contributed by atoms with Crippen molar-refractivity contribution in [2.75, 3.05) is 12.8 Å². The summed E-state index contributed by atoms with van der Waals surface area (Å²) in [5.74, 6) is -1.77. The van der Waals surface area contributed by atoms with Gasteiger partial charge in [-0.1, -0.05) is 0 Å². The van der Waals surface area contributed by atoms with E-state index in [1.807, 2.05) is 0 Å². The molecule has 0 aliphatic carbocycles. The van der Waals surface area contributed by atoms with Gasteiger partial charge in [0.2, 0.25) is 0 Å². The highest BCUT2D eigenvalue weighted by Crippen LogP contribution is 2.11. The monoisotopic (exact) mass is 222 g/mol. The molecule has 0 atom stereocenters. The number of aromatic carboxylic acids is 1. The number of carboxylic acid groups (broad SMARTS) is 1. The predicted octanol–water partition coefficient (Wildman–Crippen LogP) is 0.548. The van der Waals surface area contributed by atoms with Gasteiger partial charge in [0.15, 0.2) is 0 Å². The molecule has 0 aromatic carbocycles. The number of nitrogens with zero attached hydrogens (tertiary/aromatic N) is 1. The molecule has 0 aliphatic heterocycles. The maximum atomic E-state index is 10.8. The van der Waals surface area contributed by atoms with Crippen LogP contribution in [0.3, 0.4) is 0 Å². The SMILES string of the molecule is COC(=O)/C=C/c1cnc(N)c(C(=O)O)c1. The molecule has 1 rings (SSSR count). The quantitative estimate of drug-likeness (QED) is 0.571. The van der Waals surface area contributed by atoms with Crippen LogP contribution >= 0.6 is 0 Å². The van der Waals surface area contributed by atoms with Gasteiger partial charge in [-0.2, -0.15) is 0 Å². The van der Waals surface area contributed by atoms with Gasteiger partial charge in [-0.15, -0.1) is 0 Å². The Hall–Kier alpha value is -2.37. The second kappa shape index (κ2) is 4.92. The van der Waals surface area contributed by atoms with Crippen molar-refractivity contribution in [1.29, 1.82) is 0 Å². The topological polar surface area (TPSA) is 103 Å². The summed E-state index contributed by atoms with van der Waals surface area (Å²) in [7, 11) is 1.25. The molecular formula is C10H10N2O4. The second-order valence-corrected chi connectivity index (χ2v) is 2.86. The molecule has 0 saturated carbocycles. The molecule has 3 N–H and O–H groups in total. The summed E-state index contributed by atoms with van der Waals surface area (Å²) in [6, 6.07) is 1.32. The summed E-state index contributed by atoms with van der Waals surface area (Å²) in [5.41, 5.74) is 5.72. The minimum atomic E-state index is -1.17. The summed E-state index contributed by atoms with van der Waals surface area (Å²) in [5, 5.41) is 8.78. The van der Waals surface area contributed by atoms with Gasteiger partial charge >= 0.3 is 11.9 Å². The fraction of sp³-hybridized carbons (Fsp3) is 0.100. The molecule has 0 bridgehead atoms. The smallest absolute Gasteiger partial charge is 0.339 e. The summed E-state index contributed by atoms with van der Waals surface area (Å²) in [4.78, 5) is 25.2. The third kappa shape index (κ3) is 2.81. The first-order valence-corrected chi connectivity index (χ1v) is 4.29. The van der Waals surface area contributed by atoms with Gasteiger partial charge in [0.1, 0.15) is 11.4 Å². The van der Waals surface area contributed by atoms with E-state index in [2.05, 4.69) is 9.72 Å². The molecule has 0 unspecified atom stereocenters. The van der Waals surface area contributed by atoms with Crippen LogP contribution in [0.15, 0.2) is 18.3 Å². The molecular weight excluding hydrogens is 212 g/mol. The maximum absolute atomic E-state index is 10.8. The van der Waals surface area contributed by atoms with E-state index in [0.29, 0.717) is 5.56 Å².